The molecular weight excluding hydrogens is 430 g/mol. The normalized spacial score (nSPS) is 17.1. The van der Waals surface area contributed by atoms with Crippen LogP contribution in [0.15, 0.2) is 53.3 Å². The largest absolute Gasteiger partial charge is 0.338 e. The maximum Gasteiger partial charge on any atom is 0.258 e. The fourth-order valence-electron chi connectivity index (χ4n) is 4.59. The summed E-state index contributed by atoms with van der Waals surface area (Å²) >= 11 is 0. The highest BCUT2D eigenvalue weighted by Crippen LogP contribution is 2.31. The van der Waals surface area contributed by atoms with Crippen molar-refractivity contribution in [3.63, 3.8) is 0 Å². The van der Waals surface area contributed by atoms with Gasteiger partial charge in [-0.2, -0.15) is 4.98 Å². The molecule has 8 nitrogen and oxygen atoms in total. The number of carbonyl (C=O) groups is 2. The van der Waals surface area contributed by atoms with Crippen LogP contribution in [0.3, 0.4) is 0 Å². The van der Waals surface area contributed by atoms with Gasteiger partial charge in [-0.05, 0) is 41.2 Å². The van der Waals surface area contributed by atoms with Gasteiger partial charge in [-0.25, -0.2) is 0 Å². The molecule has 3 aromatic rings. The van der Waals surface area contributed by atoms with Crippen LogP contribution in [0.4, 0.5) is 17.5 Å². The third kappa shape index (κ3) is 4.19. The summed E-state index contributed by atoms with van der Waals surface area (Å²) < 4.78 is 0. The molecule has 5 rings (SSSR count). The minimum atomic E-state index is -0.916. The van der Waals surface area contributed by atoms with Crippen molar-refractivity contribution in [2.45, 2.75) is 45.1 Å². The summed E-state index contributed by atoms with van der Waals surface area (Å²) in [5.74, 6) is -0.726. The number of nitrogens with one attached hydrogen (secondary N) is 3. The summed E-state index contributed by atoms with van der Waals surface area (Å²) in [4.78, 5) is 48.0. The second kappa shape index (κ2) is 8.78. The van der Waals surface area contributed by atoms with Crippen LogP contribution in [0.5, 0.6) is 0 Å². The van der Waals surface area contributed by atoms with E-state index in [9.17, 15) is 14.4 Å². The minimum absolute atomic E-state index is 0.107. The van der Waals surface area contributed by atoms with E-state index in [1.165, 1.54) is 11.1 Å². The smallest absolute Gasteiger partial charge is 0.258 e. The zero-order chi connectivity index (χ0) is 23.8. The summed E-state index contributed by atoms with van der Waals surface area (Å²) in [5.41, 5.74) is 4.03. The molecule has 2 amide bonds. The van der Waals surface area contributed by atoms with E-state index in [0.717, 1.165) is 12.0 Å². The number of rotatable bonds is 4. The van der Waals surface area contributed by atoms with Gasteiger partial charge in [0, 0.05) is 25.2 Å². The predicted octanol–water partition coefficient (Wildman–Crippen LogP) is 3.52. The van der Waals surface area contributed by atoms with Crippen LogP contribution in [-0.2, 0) is 22.6 Å². The lowest BCUT2D eigenvalue weighted by atomic mass is 9.92. The van der Waals surface area contributed by atoms with Gasteiger partial charge in [0.25, 0.3) is 5.56 Å². The number of aromatic nitrogens is 2. The monoisotopic (exact) mass is 457 g/mol. The third-order valence-corrected chi connectivity index (χ3v) is 6.53. The van der Waals surface area contributed by atoms with Gasteiger partial charge >= 0.3 is 0 Å². The number of amides is 2. The van der Waals surface area contributed by atoms with E-state index in [-0.39, 0.29) is 23.7 Å². The van der Waals surface area contributed by atoms with Crippen LogP contribution in [0.25, 0.3) is 0 Å². The Morgan fingerprint density at radius 1 is 1.09 bits per heavy atom. The first-order chi connectivity index (χ1) is 16.4. The van der Waals surface area contributed by atoms with Crippen LogP contribution < -0.4 is 21.1 Å². The highest BCUT2D eigenvalue weighted by molar-refractivity contribution is 6.04. The average Bonchev–Trinajstić information content (AvgIpc) is 2.83. The van der Waals surface area contributed by atoms with Crippen LogP contribution in [0.1, 0.15) is 54.4 Å². The van der Waals surface area contributed by atoms with E-state index >= 15 is 0 Å². The van der Waals surface area contributed by atoms with Gasteiger partial charge in [-0.3, -0.25) is 19.4 Å². The molecule has 0 radical (unpaired) electrons. The second-order valence-corrected chi connectivity index (χ2v) is 9.16. The van der Waals surface area contributed by atoms with Crippen LogP contribution in [0.2, 0.25) is 0 Å². The van der Waals surface area contributed by atoms with Crippen molar-refractivity contribution in [1.82, 2.24) is 9.97 Å². The van der Waals surface area contributed by atoms with Crippen molar-refractivity contribution in [3.8, 4) is 0 Å². The van der Waals surface area contributed by atoms with E-state index in [0.29, 0.717) is 30.6 Å². The van der Waals surface area contributed by atoms with Crippen molar-refractivity contribution >= 4 is 29.3 Å². The van der Waals surface area contributed by atoms with Crippen LogP contribution in [0, 0.1) is 0 Å². The molecule has 34 heavy (non-hydrogen) atoms. The second-order valence-electron chi connectivity index (χ2n) is 9.16. The predicted molar refractivity (Wildman–Crippen MR) is 131 cm³/mol. The third-order valence-electron chi connectivity index (χ3n) is 6.53. The highest BCUT2D eigenvalue weighted by Gasteiger charge is 2.35. The lowest BCUT2D eigenvalue weighted by Gasteiger charge is -2.30. The molecule has 3 N–H and O–H groups in total. The maximum atomic E-state index is 13.1. The standard InChI is InChI=1S/C26H27N5O3/c1-15(2)16-7-9-19(10-8-16)27-24(33)20-13-21(32)28-23-22(20)25(34)30-26(29-23)31-12-11-17-5-3-4-6-18(17)14-31/h3-10,15,20H,11-14H2,1-2H3,(H,27,33)(H2,28,29,30,32,34)/t20-/m0/s1. The fourth-order valence-corrected chi connectivity index (χ4v) is 4.59. The molecule has 0 saturated carbocycles. The zero-order valence-electron chi connectivity index (χ0n) is 19.2. The first-order valence-corrected chi connectivity index (χ1v) is 11.6. The van der Waals surface area contributed by atoms with Crippen molar-refractivity contribution in [1.29, 1.82) is 0 Å². The molecule has 0 fully saturated rings. The van der Waals surface area contributed by atoms with Gasteiger partial charge in [-0.15, -0.1) is 0 Å². The van der Waals surface area contributed by atoms with Gasteiger partial charge in [0.05, 0.1) is 11.5 Å². The number of benzene rings is 2. The van der Waals surface area contributed by atoms with E-state index in [1.54, 1.807) is 0 Å². The number of hydrogen-bond acceptors (Lipinski definition) is 5. The molecule has 1 atom stereocenters. The lowest BCUT2D eigenvalue weighted by molar-refractivity contribution is -0.123. The molecule has 3 heterocycles. The van der Waals surface area contributed by atoms with Gasteiger partial charge < -0.3 is 15.5 Å². The van der Waals surface area contributed by atoms with Gasteiger partial charge in [-0.1, -0.05) is 50.2 Å². The maximum absolute atomic E-state index is 13.1. The van der Waals surface area contributed by atoms with E-state index in [4.69, 9.17) is 0 Å². The molecule has 2 aromatic carbocycles. The molecule has 0 saturated heterocycles. The Kier molecular flexibility index (Phi) is 5.65. The first-order valence-electron chi connectivity index (χ1n) is 11.6. The zero-order valence-corrected chi connectivity index (χ0v) is 19.2. The molecule has 8 heteroatoms. The molecule has 0 unspecified atom stereocenters. The Labute approximate surface area is 197 Å². The number of H-pyrrole nitrogens is 1. The Hall–Kier alpha value is -3.94. The van der Waals surface area contributed by atoms with Crippen molar-refractivity contribution in [2.75, 3.05) is 22.1 Å². The number of carbonyl (C=O) groups excluding carboxylic acids is 2. The van der Waals surface area contributed by atoms with Crippen LogP contribution >= 0.6 is 0 Å². The van der Waals surface area contributed by atoms with E-state index in [2.05, 4.69) is 46.6 Å². The van der Waals surface area contributed by atoms with Crippen molar-refractivity contribution < 1.29 is 9.59 Å². The van der Waals surface area contributed by atoms with Gasteiger partial charge in [0.2, 0.25) is 17.8 Å². The molecule has 174 valence electrons. The fraction of sp³-hybridized carbons (Fsp3) is 0.308. The van der Waals surface area contributed by atoms with E-state index in [1.807, 2.05) is 41.3 Å². The van der Waals surface area contributed by atoms with Gasteiger partial charge in [0.15, 0.2) is 0 Å². The number of anilines is 3. The van der Waals surface area contributed by atoms with Crippen LogP contribution in [-0.4, -0.2) is 28.3 Å². The summed E-state index contributed by atoms with van der Waals surface area (Å²) in [5, 5.41) is 5.54. The molecule has 0 aliphatic carbocycles. The SMILES string of the molecule is CC(C)c1ccc(NC(=O)[C@H]2CC(=O)Nc3nc(N4CCc5ccccc5C4)[nH]c(=O)c32)cc1. The lowest BCUT2D eigenvalue weighted by Crippen LogP contribution is -2.38. The quantitative estimate of drug-likeness (QED) is 0.556. The molecular formula is C26H27N5O3. The Bertz CT molecular complexity index is 1310. The van der Waals surface area contributed by atoms with Crippen molar-refractivity contribution in [2.24, 2.45) is 0 Å². The first kappa shape index (κ1) is 21.9. The number of aromatic amines is 1. The molecule has 0 bridgehead atoms. The number of fused-ring (bicyclic) bond motifs is 2. The highest BCUT2D eigenvalue weighted by atomic mass is 16.2. The Morgan fingerprint density at radius 3 is 2.56 bits per heavy atom. The minimum Gasteiger partial charge on any atom is -0.338 e. The molecule has 2 aliphatic heterocycles. The Balaban J connectivity index is 1.41. The summed E-state index contributed by atoms with van der Waals surface area (Å²) in [6.45, 7) is 5.51. The summed E-state index contributed by atoms with van der Waals surface area (Å²) in [6.07, 6.45) is 0.730. The van der Waals surface area contributed by atoms with E-state index < -0.39 is 17.4 Å². The Morgan fingerprint density at radius 2 is 1.82 bits per heavy atom. The van der Waals surface area contributed by atoms with Crippen molar-refractivity contribution in [3.05, 3.63) is 81.1 Å². The summed E-state index contributed by atoms with van der Waals surface area (Å²) in [6, 6.07) is 15.8. The topological polar surface area (TPSA) is 107 Å². The molecule has 1 aromatic heterocycles. The average molecular weight is 458 g/mol. The molecule has 2 aliphatic rings. The number of nitrogens with zero attached hydrogens (tertiary/aromatic N) is 2. The molecule has 0 spiro atoms. The summed E-state index contributed by atoms with van der Waals surface area (Å²) in [7, 11) is 0. The number of hydrogen-bond donors (Lipinski definition) is 3. The van der Waals surface area contributed by atoms with Gasteiger partial charge in [0.1, 0.15) is 5.82 Å².